The van der Waals surface area contributed by atoms with Crippen molar-refractivity contribution in [2.75, 3.05) is 4.90 Å². The first-order valence-corrected chi connectivity index (χ1v) is 5.38. The largest absolute Gasteiger partial charge is 0.326 e. The molecular formula is C11H9ClN2O2. The molecule has 1 aromatic carbocycles. The molecule has 5 heteroatoms. The molecule has 16 heavy (non-hydrogen) atoms. The van der Waals surface area contributed by atoms with Crippen LogP contribution in [-0.4, -0.2) is 17.9 Å². The minimum absolute atomic E-state index is 0.190. The number of imide groups is 1. The Balaban J connectivity index is 1.95. The van der Waals surface area contributed by atoms with E-state index in [4.69, 9.17) is 17.3 Å². The first-order chi connectivity index (χ1) is 7.61. The van der Waals surface area contributed by atoms with Crippen molar-refractivity contribution in [3.63, 3.8) is 0 Å². The Hall–Kier alpha value is -1.39. The van der Waals surface area contributed by atoms with E-state index in [1.165, 1.54) is 4.90 Å². The molecule has 0 bridgehead atoms. The minimum Gasteiger partial charge on any atom is -0.326 e. The van der Waals surface area contributed by atoms with Gasteiger partial charge in [0.1, 0.15) is 0 Å². The molecule has 2 fully saturated rings. The van der Waals surface area contributed by atoms with Gasteiger partial charge in [0.25, 0.3) is 0 Å². The SMILES string of the molecule is NC1C2C(=O)N(c3ccc(Cl)cc3)C(=O)C12. The number of nitrogens with zero attached hydrogens (tertiary/aromatic N) is 1. The van der Waals surface area contributed by atoms with Crippen molar-refractivity contribution in [2.45, 2.75) is 6.04 Å². The Morgan fingerprint density at radius 2 is 1.56 bits per heavy atom. The van der Waals surface area contributed by atoms with Gasteiger partial charge in [-0.25, -0.2) is 4.90 Å². The van der Waals surface area contributed by atoms with Crippen LogP contribution in [0.4, 0.5) is 5.69 Å². The molecule has 82 valence electrons. The molecule has 1 heterocycles. The second-order valence-corrected chi connectivity index (χ2v) is 4.55. The third-order valence-electron chi connectivity index (χ3n) is 3.17. The van der Waals surface area contributed by atoms with E-state index in [-0.39, 0.29) is 29.7 Å². The zero-order valence-electron chi connectivity index (χ0n) is 8.26. The van der Waals surface area contributed by atoms with Gasteiger partial charge in [0.05, 0.1) is 17.5 Å². The number of rotatable bonds is 1. The molecule has 1 saturated carbocycles. The van der Waals surface area contributed by atoms with Crippen molar-refractivity contribution in [1.29, 1.82) is 0 Å². The van der Waals surface area contributed by atoms with Crippen LogP contribution in [0, 0.1) is 11.8 Å². The molecule has 0 radical (unpaired) electrons. The summed E-state index contributed by atoms with van der Waals surface area (Å²) < 4.78 is 0. The molecule has 2 aliphatic rings. The Morgan fingerprint density at radius 3 is 2.06 bits per heavy atom. The average Bonchev–Trinajstić information content (AvgIpc) is 2.84. The lowest BCUT2D eigenvalue weighted by molar-refractivity contribution is -0.123. The van der Waals surface area contributed by atoms with Crippen molar-refractivity contribution >= 4 is 29.1 Å². The molecule has 3 rings (SSSR count). The topological polar surface area (TPSA) is 63.4 Å². The van der Waals surface area contributed by atoms with Crippen LogP contribution in [0.2, 0.25) is 5.02 Å². The van der Waals surface area contributed by atoms with Crippen LogP contribution in [0.15, 0.2) is 24.3 Å². The zero-order chi connectivity index (χ0) is 11.4. The molecule has 2 unspecified atom stereocenters. The molecule has 2 amide bonds. The highest BCUT2D eigenvalue weighted by molar-refractivity contribution is 6.31. The highest BCUT2D eigenvalue weighted by atomic mass is 35.5. The van der Waals surface area contributed by atoms with Gasteiger partial charge in [-0.2, -0.15) is 0 Å². The summed E-state index contributed by atoms with van der Waals surface area (Å²) in [6.45, 7) is 0. The third-order valence-corrected chi connectivity index (χ3v) is 3.42. The lowest BCUT2D eigenvalue weighted by Gasteiger charge is -2.17. The summed E-state index contributed by atoms with van der Waals surface area (Å²) in [7, 11) is 0. The number of fused-ring (bicyclic) bond motifs is 1. The Morgan fingerprint density at radius 1 is 1.06 bits per heavy atom. The second kappa shape index (κ2) is 3.06. The molecule has 4 nitrogen and oxygen atoms in total. The van der Waals surface area contributed by atoms with E-state index in [9.17, 15) is 9.59 Å². The molecule has 2 N–H and O–H groups in total. The van der Waals surface area contributed by atoms with Gasteiger partial charge in [0.15, 0.2) is 0 Å². The zero-order valence-corrected chi connectivity index (χ0v) is 9.02. The van der Waals surface area contributed by atoms with Crippen LogP contribution in [0.3, 0.4) is 0 Å². The van der Waals surface area contributed by atoms with Crippen molar-refractivity contribution in [1.82, 2.24) is 0 Å². The normalized spacial score (nSPS) is 31.9. The molecule has 2 atom stereocenters. The van der Waals surface area contributed by atoms with Gasteiger partial charge in [-0.1, -0.05) is 11.6 Å². The van der Waals surface area contributed by atoms with E-state index < -0.39 is 0 Å². The van der Waals surface area contributed by atoms with Gasteiger partial charge in [0.2, 0.25) is 11.8 Å². The number of hydrogen-bond acceptors (Lipinski definition) is 3. The van der Waals surface area contributed by atoms with Gasteiger partial charge >= 0.3 is 0 Å². The number of piperidine rings is 1. The van der Waals surface area contributed by atoms with Gasteiger partial charge in [-0.3, -0.25) is 9.59 Å². The van der Waals surface area contributed by atoms with Crippen LogP contribution in [0.1, 0.15) is 0 Å². The van der Waals surface area contributed by atoms with Crippen LogP contribution < -0.4 is 10.6 Å². The van der Waals surface area contributed by atoms with Crippen molar-refractivity contribution in [2.24, 2.45) is 17.6 Å². The van der Waals surface area contributed by atoms with Gasteiger partial charge < -0.3 is 5.73 Å². The first kappa shape index (κ1) is 9.81. The van der Waals surface area contributed by atoms with E-state index in [1.54, 1.807) is 24.3 Å². The summed E-state index contributed by atoms with van der Waals surface area (Å²) in [5.41, 5.74) is 6.20. The predicted molar refractivity (Wildman–Crippen MR) is 58.9 cm³/mol. The fourth-order valence-electron chi connectivity index (χ4n) is 2.22. The third kappa shape index (κ3) is 1.14. The number of benzene rings is 1. The van der Waals surface area contributed by atoms with Crippen molar-refractivity contribution in [3.05, 3.63) is 29.3 Å². The van der Waals surface area contributed by atoms with Gasteiger partial charge in [0, 0.05) is 11.1 Å². The average molecular weight is 237 g/mol. The van der Waals surface area contributed by atoms with Crippen molar-refractivity contribution in [3.8, 4) is 0 Å². The smallest absolute Gasteiger partial charge is 0.239 e. The molecule has 1 aliphatic carbocycles. The molecule has 1 aromatic rings. The molecular weight excluding hydrogens is 228 g/mol. The highest BCUT2D eigenvalue weighted by Gasteiger charge is 2.66. The first-order valence-electron chi connectivity index (χ1n) is 5.00. The fourth-order valence-corrected chi connectivity index (χ4v) is 2.35. The number of hydrogen-bond donors (Lipinski definition) is 1. The number of carbonyl (C=O) groups excluding carboxylic acids is 2. The molecule has 0 spiro atoms. The quantitative estimate of drug-likeness (QED) is 0.734. The van der Waals surface area contributed by atoms with E-state index >= 15 is 0 Å². The van der Waals surface area contributed by atoms with E-state index in [0.29, 0.717) is 10.7 Å². The fraction of sp³-hybridized carbons (Fsp3) is 0.273. The standard InChI is InChI=1S/C11H9ClN2O2/c12-5-1-3-6(4-2-5)14-10(15)7-8(9(7)13)11(14)16/h1-4,7-9H,13H2. The lowest BCUT2D eigenvalue weighted by atomic mass is 10.2. The molecule has 1 saturated heterocycles. The minimum atomic E-state index is -0.303. The van der Waals surface area contributed by atoms with E-state index in [2.05, 4.69) is 0 Å². The maximum absolute atomic E-state index is 11.8. The molecule has 0 aromatic heterocycles. The van der Waals surface area contributed by atoms with Crippen LogP contribution >= 0.6 is 11.6 Å². The molecule has 1 aliphatic heterocycles. The van der Waals surface area contributed by atoms with Crippen LogP contribution in [0.5, 0.6) is 0 Å². The van der Waals surface area contributed by atoms with E-state index in [0.717, 1.165) is 0 Å². The van der Waals surface area contributed by atoms with Crippen LogP contribution in [0.25, 0.3) is 0 Å². The van der Waals surface area contributed by atoms with Gasteiger partial charge in [-0.05, 0) is 24.3 Å². The number of carbonyl (C=O) groups is 2. The Bertz CT molecular complexity index is 463. The summed E-state index contributed by atoms with van der Waals surface area (Å²) in [6, 6.07) is 6.36. The maximum Gasteiger partial charge on any atom is 0.239 e. The van der Waals surface area contributed by atoms with E-state index in [1.807, 2.05) is 0 Å². The summed E-state index contributed by atoms with van der Waals surface area (Å²) in [5, 5.41) is 0.574. The Kier molecular flexibility index (Phi) is 1.87. The van der Waals surface area contributed by atoms with Crippen molar-refractivity contribution < 1.29 is 9.59 Å². The number of halogens is 1. The van der Waals surface area contributed by atoms with Crippen LogP contribution in [-0.2, 0) is 9.59 Å². The monoisotopic (exact) mass is 236 g/mol. The number of anilines is 1. The lowest BCUT2D eigenvalue weighted by Crippen LogP contribution is -2.37. The highest BCUT2D eigenvalue weighted by Crippen LogP contribution is 2.47. The summed E-state index contributed by atoms with van der Waals surface area (Å²) >= 11 is 5.74. The maximum atomic E-state index is 11.8. The Labute approximate surface area is 97.0 Å². The number of amides is 2. The van der Waals surface area contributed by atoms with Gasteiger partial charge in [-0.15, -0.1) is 0 Å². The number of nitrogens with two attached hydrogens (primary N) is 1. The summed E-state index contributed by atoms with van der Waals surface area (Å²) in [6.07, 6.45) is 0. The predicted octanol–water partition coefficient (Wildman–Crippen LogP) is 0.786. The summed E-state index contributed by atoms with van der Waals surface area (Å²) in [4.78, 5) is 24.9. The second-order valence-electron chi connectivity index (χ2n) is 4.12. The summed E-state index contributed by atoms with van der Waals surface area (Å²) in [5.74, 6) is -0.985.